The Balaban J connectivity index is 2.26. The lowest BCUT2D eigenvalue weighted by molar-refractivity contribution is -0.123. The molecule has 0 saturated carbocycles. The van der Waals surface area contributed by atoms with Crippen LogP contribution < -0.4 is 15.5 Å². The average Bonchev–Trinajstić information content (AvgIpc) is 2.94. The van der Waals surface area contributed by atoms with Crippen molar-refractivity contribution in [2.75, 3.05) is 9.79 Å². The maximum atomic E-state index is 13.1. The van der Waals surface area contributed by atoms with E-state index in [9.17, 15) is 24.3 Å². The molecular weight excluding hydrogens is 393 g/mol. The average molecular weight is 406 g/mol. The summed E-state index contributed by atoms with van der Waals surface area (Å²) in [6.45, 7) is 1.26. The summed E-state index contributed by atoms with van der Waals surface area (Å²) < 4.78 is 13.8. The van der Waals surface area contributed by atoms with E-state index >= 15 is 0 Å². The number of nitrogens with zero attached hydrogens (tertiary/aromatic N) is 1. The fourth-order valence-corrected chi connectivity index (χ4v) is 3.64. The predicted octanol–water partition coefficient (Wildman–Crippen LogP) is 2.86. The number of nitrogens with one attached hydrogen (secondary N) is 1. The highest BCUT2D eigenvalue weighted by molar-refractivity contribution is 8.00. The van der Waals surface area contributed by atoms with Crippen LogP contribution >= 0.6 is 34.9 Å². The molecular formula is C14H13ClFN3O4S2. The first kappa shape index (κ1) is 19.5. The molecule has 1 unspecified atom stereocenters. The van der Waals surface area contributed by atoms with E-state index < -0.39 is 23.7 Å². The number of nitrogens with two attached hydrogens (primary N) is 1. The van der Waals surface area contributed by atoms with Crippen molar-refractivity contribution < 1.29 is 24.3 Å². The molecule has 7 nitrogen and oxygen atoms in total. The fraction of sp³-hybridized carbons (Fsp3) is 0.143. The monoisotopic (exact) mass is 405 g/mol. The Hall–Kier alpha value is -1.85. The van der Waals surface area contributed by atoms with E-state index in [1.807, 2.05) is 0 Å². The zero-order valence-electron chi connectivity index (χ0n) is 12.7. The molecule has 0 aliphatic heterocycles. The molecule has 0 saturated heterocycles. The Morgan fingerprint density at radius 1 is 1.44 bits per heavy atom. The number of primary amides is 1. The largest absolute Gasteiger partial charge is 0.384 e. The highest BCUT2D eigenvalue weighted by Crippen LogP contribution is 2.39. The number of rotatable bonds is 6. The van der Waals surface area contributed by atoms with Gasteiger partial charge in [0, 0.05) is 16.8 Å². The summed E-state index contributed by atoms with van der Waals surface area (Å²) in [5.41, 5.74) is 5.23. The predicted molar refractivity (Wildman–Crippen MR) is 94.7 cm³/mol. The van der Waals surface area contributed by atoms with E-state index in [4.69, 9.17) is 17.3 Å². The van der Waals surface area contributed by atoms with Crippen LogP contribution in [0.4, 0.5) is 14.4 Å². The summed E-state index contributed by atoms with van der Waals surface area (Å²) in [4.78, 5) is 23.5. The Bertz CT molecular complexity index is 815. The number of anilines is 2. The van der Waals surface area contributed by atoms with Gasteiger partial charge in [0.1, 0.15) is 21.9 Å². The Morgan fingerprint density at radius 2 is 2.12 bits per heavy atom. The molecule has 0 aliphatic carbocycles. The summed E-state index contributed by atoms with van der Waals surface area (Å²) in [7, 11) is 0. The van der Waals surface area contributed by atoms with Gasteiger partial charge in [0.2, 0.25) is 0 Å². The second kappa shape index (κ2) is 8.02. The molecule has 134 valence electrons. The van der Waals surface area contributed by atoms with Gasteiger partial charge >= 0.3 is 0 Å². The lowest BCUT2D eigenvalue weighted by Gasteiger charge is -2.13. The summed E-state index contributed by atoms with van der Waals surface area (Å²) in [5.74, 6) is -2.06. The van der Waals surface area contributed by atoms with Gasteiger partial charge in [0.25, 0.3) is 11.8 Å². The van der Waals surface area contributed by atoms with Gasteiger partial charge in [-0.2, -0.15) is 4.47 Å². The van der Waals surface area contributed by atoms with Crippen LogP contribution in [0.1, 0.15) is 17.3 Å². The van der Waals surface area contributed by atoms with E-state index in [1.165, 1.54) is 25.1 Å². The Labute approximate surface area is 155 Å². The number of carbonyl (C=O) groups is 2. The first-order valence-electron chi connectivity index (χ1n) is 6.73. The van der Waals surface area contributed by atoms with Crippen molar-refractivity contribution in [2.45, 2.75) is 17.9 Å². The second-order valence-corrected chi connectivity index (χ2v) is 7.20. The molecule has 0 fully saturated rings. The van der Waals surface area contributed by atoms with Gasteiger partial charge in [-0.15, -0.1) is 0 Å². The third kappa shape index (κ3) is 4.83. The minimum Gasteiger partial charge on any atom is -0.384 e. The minimum atomic E-state index is -1.29. The molecule has 2 rings (SSSR count). The minimum absolute atomic E-state index is 0.0288. The summed E-state index contributed by atoms with van der Waals surface area (Å²) in [5, 5.41) is 22.1. The number of aliphatic hydroxyl groups is 1. The van der Waals surface area contributed by atoms with Gasteiger partial charge in [-0.1, -0.05) is 22.9 Å². The molecule has 1 heterocycles. The highest BCUT2D eigenvalue weighted by Gasteiger charge is 2.21. The number of carbonyl (C=O) groups excluding carboxylic acids is 2. The molecule has 0 bridgehead atoms. The van der Waals surface area contributed by atoms with Crippen LogP contribution in [0.15, 0.2) is 29.2 Å². The lowest BCUT2D eigenvalue weighted by Crippen LogP contribution is -2.25. The van der Waals surface area contributed by atoms with Gasteiger partial charge in [0.15, 0.2) is 0 Å². The Morgan fingerprint density at radius 3 is 2.68 bits per heavy atom. The fourth-order valence-electron chi connectivity index (χ4n) is 1.65. The molecule has 1 aromatic heterocycles. The van der Waals surface area contributed by atoms with E-state index in [-0.39, 0.29) is 20.6 Å². The molecule has 0 radical (unpaired) electrons. The van der Waals surface area contributed by atoms with Gasteiger partial charge in [-0.05, 0) is 31.2 Å². The van der Waals surface area contributed by atoms with Crippen molar-refractivity contribution >= 4 is 56.7 Å². The van der Waals surface area contributed by atoms with Gasteiger partial charge in [-0.25, -0.2) is 4.39 Å². The number of thiophene rings is 1. The smallest absolute Gasteiger partial charge is 0.253 e. The first-order chi connectivity index (χ1) is 11.7. The standard InChI is InChI=1S/C14H13ClFN3O4S2/c1-6(20)13(22)18-14-8(12(17)21)5-11(24-14)19(23)25-10-3-2-7(16)4-9(10)15/h2-6,20,23H,1H3,(H2,17,21)(H,18,22). The van der Waals surface area contributed by atoms with Crippen molar-refractivity contribution in [3.05, 3.63) is 40.7 Å². The zero-order valence-corrected chi connectivity index (χ0v) is 15.1. The maximum absolute atomic E-state index is 13.1. The summed E-state index contributed by atoms with van der Waals surface area (Å²) in [6, 6.07) is 4.92. The number of benzene rings is 1. The van der Waals surface area contributed by atoms with Gasteiger partial charge in [-0.3, -0.25) is 14.8 Å². The number of halogens is 2. The molecule has 0 aliphatic rings. The van der Waals surface area contributed by atoms with E-state index in [2.05, 4.69) is 5.32 Å². The number of hydrogen-bond donors (Lipinski definition) is 4. The van der Waals surface area contributed by atoms with Crippen LogP contribution in [0.5, 0.6) is 0 Å². The lowest BCUT2D eigenvalue weighted by atomic mass is 10.3. The molecule has 1 atom stereocenters. The van der Waals surface area contributed by atoms with E-state index in [0.29, 0.717) is 9.36 Å². The van der Waals surface area contributed by atoms with E-state index in [0.717, 1.165) is 29.4 Å². The Kier molecular flexibility index (Phi) is 6.25. The van der Waals surface area contributed by atoms with Gasteiger partial charge in [0.05, 0.1) is 10.6 Å². The van der Waals surface area contributed by atoms with Crippen molar-refractivity contribution in [1.82, 2.24) is 0 Å². The zero-order chi connectivity index (χ0) is 18.7. The molecule has 25 heavy (non-hydrogen) atoms. The highest BCUT2D eigenvalue weighted by atomic mass is 35.5. The topological polar surface area (TPSA) is 116 Å². The maximum Gasteiger partial charge on any atom is 0.253 e. The van der Waals surface area contributed by atoms with Crippen LogP contribution in [0, 0.1) is 5.82 Å². The molecule has 11 heteroatoms. The number of amides is 2. The van der Waals surface area contributed by atoms with Crippen LogP contribution in [0.3, 0.4) is 0 Å². The summed E-state index contributed by atoms with van der Waals surface area (Å²) in [6.07, 6.45) is -1.29. The molecule has 1 aromatic carbocycles. The number of hydrogen-bond acceptors (Lipinski definition) is 7. The molecule has 2 amide bonds. The second-order valence-electron chi connectivity index (χ2n) is 4.80. The third-order valence-electron chi connectivity index (χ3n) is 2.87. The van der Waals surface area contributed by atoms with Crippen LogP contribution in [0.2, 0.25) is 5.02 Å². The normalized spacial score (nSPS) is 11.9. The van der Waals surface area contributed by atoms with Crippen molar-refractivity contribution in [1.29, 1.82) is 0 Å². The van der Waals surface area contributed by atoms with Gasteiger partial charge < -0.3 is 16.2 Å². The number of aliphatic hydroxyl groups excluding tert-OH is 1. The molecule has 5 N–H and O–H groups in total. The summed E-state index contributed by atoms with van der Waals surface area (Å²) >= 11 is 7.54. The van der Waals surface area contributed by atoms with E-state index in [1.54, 1.807) is 0 Å². The van der Waals surface area contributed by atoms with Crippen molar-refractivity contribution in [3.8, 4) is 0 Å². The quantitative estimate of drug-likeness (QED) is 0.434. The van der Waals surface area contributed by atoms with Crippen molar-refractivity contribution in [2.24, 2.45) is 5.73 Å². The molecule has 2 aromatic rings. The van der Waals surface area contributed by atoms with Crippen LogP contribution in [0.25, 0.3) is 0 Å². The first-order valence-corrected chi connectivity index (χ1v) is 8.70. The van der Waals surface area contributed by atoms with Crippen molar-refractivity contribution in [3.63, 3.8) is 0 Å². The third-order valence-corrected chi connectivity index (χ3v) is 5.36. The molecule has 0 spiro atoms. The van der Waals surface area contributed by atoms with Crippen LogP contribution in [-0.4, -0.2) is 28.2 Å². The van der Waals surface area contributed by atoms with Crippen LogP contribution in [-0.2, 0) is 4.79 Å². The SMILES string of the molecule is CC(O)C(=O)Nc1sc(N(O)Sc2ccc(F)cc2Cl)cc1C(N)=O.